The summed E-state index contributed by atoms with van der Waals surface area (Å²) in [5.74, 6) is 0.451. The van der Waals surface area contributed by atoms with Gasteiger partial charge in [-0.05, 0) is 43.2 Å². The monoisotopic (exact) mass is 351 g/mol. The summed E-state index contributed by atoms with van der Waals surface area (Å²) in [5.41, 5.74) is 1.62. The van der Waals surface area contributed by atoms with E-state index in [1.807, 2.05) is 36.4 Å². The molecule has 5 nitrogen and oxygen atoms in total. The van der Waals surface area contributed by atoms with E-state index in [-0.39, 0.29) is 11.7 Å². The van der Waals surface area contributed by atoms with Crippen molar-refractivity contribution < 1.29 is 19.0 Å². The zero-order chi connectivity index (χ0) is 18.9. The van der Waals surface area contributed by atoms with Gasteiger partial charge in [-0.3, -0.25) is 0 Å². The van der Waals surface area contributed by atoms with Crippen molar-refractivity contribution in [2.75, 3.05) is 7.11 Å². The molecule has 0 atom stereocenters. The first kappa shape index (κ1) is 19.1. The first-order valence-electron chi connectivity index (χ1n) is 8.21. The van der Waals surface area contributed by atoms with Gasteiger partial charge in [0.15, 0.2) is 11.5 Å². The van der Waals surface area contributed by atoms with Gasteiger partial charge in [0.25, 0.3) is 0 Å². The maximum absolute atomic E-state index is 11.9. The summed E-state index contributed by atoms with van der Waals surface area (Å²) in [6, 6.07) is 16.9. The van der Waals surface area contributed by atoms with Crippen LogP contribution >= 0.6 is 0 Å². The molecule has 2 aromatic carbocycles. The van der Waals surface area contributed by atoms with E-state index in [2.05, 4.69) is 0 Å². The molecule has 0 aliphatic heterocycles. The molecule has 0 spiro atoms. The summed E-state index contributed by atoms with van der Waals surface area (Å²) < 4.78 is 16.2. The van der Waals surface area contributed by atoms with Crippen LogP contribution in [0.3, 0.4) is 0 Å². The fraction of sp³-hybridized carbons (Fsp3) is 0.238. The predicted molar refractivity (Wildman–Crippen MR) is 98.6 cm³/mol. The maximum atomic E-state index is 11.9. The van der Waals surface area contributed by atoms with Crippen molar-refractivity contribution >= 4 is 12.0 Å². The molecule has 0 amide bonds. The Morgan fingerprint density at radius 1 is 1.15 bits per heavy atom. The molecule has 0 saturated heterocycles. The Morgan fingerprint density at radius 3 is 2.50 bits per heavy atom. The highest BCUT2D eigenvalue weighted by atomic mass is 16.5. The van der Waals surface area contributed by atoms with Crippen molar-refractivity contribution in [1.82, 2.24) is 0 Å². The van der Waals surface area contributed by atoms with Crippen molar-refractivity contribution in [3.8, 4) is 17.6 Å². The van der Waals surface area contributed by atoms with Gasteiger partial charge in [-0.25, -0.2) is 4.79 Å². The Morgan fingerprint density at radius 2 is 1.88 bits per heavy atom. The summed E-state index contributed by atoms with van der Waals surface area (Å²) in [4.78, 5) is 11.9. The molecule has 0 fully saturated rings. The van der Waals surface area contributed by atoms with Crippen LogP contribution in [-0.4, -0.2) is 19.2 Å². The fourth-order valence-electron chi connectivity index (χ4n) is 2.21. The predicted octanol–water partition coefficient (Wildman–Crippen LogP) is 4.13. The van der Waals surface area contributed by atoms with Crippen LogP contribution in [0.1, 0.15) is 25.0 Å². The third-order valence-corrected chi connectivity index (χ3v) is 3.42. The Labute approximate surface area is 153 Å². The standard InChI is InChI=1S/C21H21NO4/c1-15(2)26-21(23)18(13-22)11-17-9-10-19(20(12-17)24-3)25-14-16-7-5-4-6-8-16/h4-12,15H,14H2,1-3H3. The van der Waals surface area contributed by atoms with Crippen LogP contribution in [0, 0.1) is 11.3 Å². The van der Waals surface area contributed by atoms with Gasteiger partial charge in [0, 0.05) is 0 Å². The first-order chi connectivity index (χ1) is 12.5. The second-order valence-corrected chi connectivity index (χ2v) is 5.81. The Balaban J connectivity index is 2.18. The molecule has 5 heteroatoms. The molecular weight excluding hydrogens is 330 g/mol. The number of ether oxygens (including phenoxy) is 3. The van der Waals surface area contributed by atoms with E-state index in [9.17, 15) is 10.1 Å². The molecule has 0 saturated carbocycles. The summed E-state index contributed by atoms with van der Waals surface area (Å²) in [6.45, 7) is 3.88. The lowest BCUT2D eigenvalue weighted by atomic mass is 10.1. The van der Waals surface area contributed by atoms with Gasteiger partial charge in [-0.1, -0.05) is 36.4 Å². The second-order valence-electron chi connectivity index (χ2n) is 5.81. The van der Waals surface area contributed by atoms with Gasteiger partial charge >= 0.3 is 5.97 Å². The summed E-state index contributed by atoms with van der Waals surface area (Å²) >= 11 is 0. The molecule has 0 aromatic heterocycles. The quantitative estimate of drug-likeness (QED) is 0.426. The van der Waals surface area contributed by atoms with Gasteiger partial charge in [0.1, 0.15) is 18.2 Å². The average Bonchev–Trinajstić information content (AvgIpc) is 2.64. The molecule has 0 bridgehead atoms. The summed E-state index contributed by atoms with van der Waals surface area (Å²) in [7, 11) is 1.54. The first-order valence-corrected chi connectivity index (χ1v) is 8.21. The molecule has 0 aliphatic rings. The minimum Gasteiger partial charge on any atom is -0.493 e. The number of carbonyl (C=O) groups excluding carboxylic acids is 1. The van der Waals surface area contributed by atoms with Crippen LogP contribution < -0.4 is 9.47 Å². The number of rotatable bonds is 7. The van der Waals surface area contributed by atoms with E-state index >= 15 is 0 Å². The van der Waals surface area contributed by atoms with E-state index in [1.54, 1.807) is 32.0 Å². The Hall–Kier alpha value is -3.26. The number of methoxy groups -OCH3 is 1. The molecule has 26 heavy (non-hydrogen) atoms. The number of benzene rings is 2. The van der Waals surface area contributed by atoms with E-state index in [0.717, 1.165) is 5.56 Å². The van der Waals surface area contributed by atoms with Crippen LogP contribution in [-0.2, 0) is 16.1 Å². The van der Waals surface area contributed by atoms with Crippen molar-refractivity contribution in [1.29, 1.82) is 5.26 Å². The van der Waals surface area contributed by atoms with Crippen molar-refractivity contribution in [2.45, 2.75) is 26.6 Å². The molecule has 0 N–H and O–H groups in total. The van der Waals surface area contributed by atoms with Crippen LogP contribution in [0.4, 0.5) is 0 Å². The van der Waals surface area contributed by atoms with E-state index in [4.69, 9.17) is 14.2 Å². The second kappa shape index (κ2) is 9.28. The zero-order valence-corrected chi connectivity index (χ0v) is 15.1. The maximum Gasteiger partial charge on any atom is 0.349 e. The molecule has 0 aliphatic carbocycles. The minimum atomic E-state index is -0.647. The topological polar surface area (TPSA) is 68.5 Å². The number of nitrogens with zero attached hydrogens (tertiary/aromatic N) is 1. The minimum absolute atomic E-state index is 0.0706. The lowest BCUT2D eigenvalue weighted by molar-refractivity contribution is -0.142. The van der Waals surface area contributed by atoms with Crippen molar-refractivity contribution in [3.05, 3.63) is 65.2 Å². The van der Waals surface area contributed by atoms with Crippen LogP contribution in [0.15, 0.2) is 54.1 Å². The Bertz CT molecular complexity index is 820. The Kier molecular flexibility index (Phi) is 6.81. The summed E-state index contributed by atoms with van der Waals surface area (Å²) in [6.07, 6.45) is 1.18. The largest absolute Gasteiger partial charge is 0.493 e. The zero-order valence-electron chi connectivity index (χ0n) is 15.1. The van der Waals surface area contributed by atoms with Crippen LogP contribution in [0.25, 0.3) is 6.08 Å². The number of carbonyl (C=O) groups is 1. The smallest absolute Gasteiger partial charge is 0.349 e. The van der Waals surface area contributed by atoms with E-state index in [1.165, 1.54) is 13.2 Å². The van der Waals surface area contributed by atoms with Crippen LogP contribution in [0.5, 0.6) is 11.5 Å². The molecule has 2 aromatic rings. The van der Waals surface area contributed by atoms with E-state index in [0.29, 0.717) is 23.7 Å². The highest BCUT2D eigenvalue weighted by Crippen LogP contribution is 2.29. The highest BCUT2D eigenvalue weighted by molar-refractivity contribution is 5.98. The lowest BCUT2D eigenvalue weighted by Crippen LogP contribution is -2.12. The molecule has 134 valence electrons. The van der Waals surface area contributed by atoms with Gasteiger partial charge in [0.2, 0.25) is 0 Å². The molecular formula is C21H21NO4. The number of hydrogen-bond donors (Lipinski definition) is 0. The third-order valence-electron chi connectivity index (χ3n) is 3.42. The van der Waals surface area contributed by atoms with Crippen molar-refractivity contribution in [3.63, 3.8) is 0 Å². The number of esters is 1. The highest BCUT2D eigenvalue weighted by Gasteiger charge is 2.13. The fourth-order valence-corrected chi connectivity index (χ4v) is 2.21. The normalized spacial score (nSPS) is 11.0. The van der Waals surface area contributed by atoms with Gasteiger partial charge < -0.3 is 14.2 Å². The molecule has 0 radical (unpaired) electrons. The van der Waals surface area contributed by atoms with Gasteiger partial charge in [-0.15, -0.1) is 0 Å². The SMILES string of the molecule is COc1cc(C=C(C#N)C(=O)OC(C)C)ccc1OCc1ccccc1. The van der Waals surface area contributed by atoms with Gasteiger partial charge in [-0.2, -0.15) is 5.26 Å². The van der Waals surface area contributed by atoms with E-state index < -0.39 is 5.97 Å². The van der Waals surface area contributed by atoms with Crippen LogP contribution in [0.2, 0.25) is 0 Å². The average molecular weight is 351 g/mol. The number of nitriles is 1. The van der Waals surface area contributed by atoms with Crippen molar-refractivity contribution in [2.24, 2.45) is 0 Å². The molecule has 2 rings (SSSR count). The summed E-state index contributed by atoms with van der Waals surface area (Å²) in [5, 5.41) is 9.19. The van der Waals surface area contributed by atoms with Gasteiger partial charge in [0.05, 0.1) is 13.2 Å². The number of hydrogen-bond acceptors (Lipinski definition) is 5. The third kappa shape index (κ3) is 5.38. The lowest BCUT2D eigenvalue weighted by Gasteiger charge is -2.12. The molecule has 0 heterocycles. The molecule has 0 unspecified atom stereocenters.